The molecule has 36 heavy (non-hydrogen) atoms. The molecule has 0 saturated heterocycles. The van der Waals surface area contributed by atoms with E-state index in [1.807, 2.05) is 41.9 Å². The Balaban J connectivity index is 1.64. The lowest BCUT2D eigenvalue weighted by Crippen LogP contribution is -2.09. The average molecular weight is 560 g/mol. The zero-order valence-electron chi connectivity index (χ0n) is 19.3. The summed E-state index contributed by atoms with van der Waals surface area (Å²) in [6, 6.07) is 20.1. The normalized spacial score (nSPS) is 11.9. The summed E-state index contributed by atoms with van der Waals surface area (Å²) in [5, 5.41) is 1.97. The van der Waals surface area contributed by atoms with Crippen molar-refractivity contribution >= 4 is 61.5 Å². The number of aromatic nitrogens is 3. The van der Waals surface area contributed by atoms with Crippen LogP contribution in [0.25, 0.3) is 33.3 Å². The second-order valence-electron chi connectivity index (χ2n) is 8.56. The van der Waals surface area contributed by atoms with Crippen LogP contribution in [0.4, 0.5) is 5.82 Å². The third kappa shape index (κ3) is 4.37. The molecule has 5 rings (SSSR count). The first kappa shape index (κ1) is 24.7. The molecule has 3 aromatic carbocycles. The van der Waals surface area contributed by atoms with Gasteiger partial charge >= 0.3 is 0 Å². The summed E-state index contributed by atoms with van der Waals surface area (Å²) in [6.07, 6.45) is 1.60. The lowest BCUT2D eigenvalue weighted by Gasteiger charge is -2.06. The second kappa shape index (κ2) is 9.16. The van der Waals surface area contributed by atoms with Crippen LogP contribution in [0.3, 0.4) is 0 Å². The summed E-state index contributed by atoms with van der Waals surface area (Å²) in [5.74, 6) is 1.30. The maximum absolute atomic E-state index is 12.6. The van der Waals surface area contributed by atoms with Crippen LogP contribution in [0, 0.1) is 0 Å². The number of nitrogen functional groups attached to an aromatic ring is 1. The van der Waals surface area contributed by atoms with Gasteiger partial charge in [-0.1, -0.05) is 65.1 Å². The van der Waals surface area contributed by atoms with Gasteiger partial charge in [0, 0.05) is 40.0 Å². The van der Waals surface area contributed by atoms with Crippen LogP contribution >= 0.6 is 34.8 Å². The van der Waals surface area contributed by atoms with Crippen LogP contribution in [0.1, 0.15) is 11.4 Å². The quantitative estimate of drug-likeness (QED) is 0.261. The summed E-state index contributed by atoms with van der Waals surface area (Å²) in [5.41, 5.74) is 10.7. The van der Waals surface area contributed by atoms with Crippen molar-refractivity contribution in [3.63, 3.8) is 0 Å². The van der Waals surface area contributed by atoms with Crippen molar-refractivity contribution in [3.8, 4) is 22.4 Å². The molecule has 0 amide bonds. The summed E-state index contributed by atoms with van der Waals surface area (Å²) >= 11 is 18.9. The molecule has 0 spiro atoms. The summed E-state index contributed by atoms with van der Waals surface area (Å²) in [4.78, 5) is 4.79. The molecule has 5 aromatic rings. The molecule has 0 unspecified atom stereocenters. The Morgan fingerprint density at radius 3 is 2.31 bits per heavy atom. The summed E-state index contributed by atoms with van der Waals surface area (Å²) < 4.78 is 28.2. The molecule has 0 saturated carbocycles. The van der Waals surface area contributed by atoms with E-state index >= 15 is 0 Å². The molecule has 10 heteroatoms. The molecule has 184 valence electrons. The fraction of sp³-hybridized carbons (Fsp3) is 0.115. The summed E-state index contributed by atoms with van der Waals surface area (Å²) in [6.45, 7) is 0. The molecule has 0 bridgehead atoms. The molecule has 0 fully saturated rings. The van der Waals surface area contributed by atoms with Crippen molar-refractivity contribution in [2.75, 3.05) is 12.0 Å². The smallest absolute Gasteiger partial charge is 0.237 e. The van der Waals surface area contributed by atoms with Crippen molar-refractivity contribution in [3.05, 3.63) is 93.3 Å². The van der Waals surface area contributed by atoms with Crippen LogP contribution in [0.5, 0.6) is 0 Å². The van der Waals surface area contributed by atoms with E-state index in [9.17, 15) is 8.42 Å². The van der Waals surface area contributed by atoms with Crippen LogP contribution in [0.2, 0.25) is 15.2 Å². The van der Waals surface area contributed by atoms with E-state index in [1.54, 1.807) is 36.4 Å². The predicted molar refractivity (Wildman–Crippen MR) is 149 cm³/mol. The molecule has 2 aromatic heterocycles. The Morgan fingerprint density at radius 1 is 0.917 bits per heavy atom. The molecule has 0 radical (unpaired) electrons. The fourth-order valence-corrected chi connectivity index (χ4v) is 6.25. The molecule has 2 N–H and O–H groups in total. The number of nitrogens with zero attached hydrogens (tertiary/aromatic N) is 3. The van der Waals surface area contributed by atoms with E-state index < -0.39 is 10.0 Å². The van der Waals surface area contributed by atoms with E-state index in [4.69, 9.17) is 45.5 Å². The zero-order chi connectivity index (χ0) is 25.8. The van der Waals surface area contributed by atoms with Gasteiger partial charge in [-0.05, 0) is 47.5 Å². The number of rotatable bonds is 5. The number of hydrogen-bond acceptors (Lipinski definition) is 4. The van der Waals surface area contributed by atoms with E-state index in [2.05, 4.69) is 0 Å². The van der Waals surface area contributed by atoms with Gasteiger partial charge in [-0.2, -0.15) is 0 Å². The molecule has 0 atom stereocenters. The third-order valence-electron chi connectivity index (χ3n) is 6.09. The standard InChI is InChI=1S/C26H21Cl3N4O2S/c1-32-22(31-24(26(32)30)16-7-9-18(27)10-8-16)13-15-6-11-21-20(12-15)23(17-4-3-5-19(28)14-17)25(29)33(21)36(2,34)35/h3-12,14H,13,30H2,1-2H3. The minimum absolute atomic E-state index is 0.109. The van der Waals surface area contributed by atoms with Gasteiger partial charge in [-0.3, -0.25) is 0 Å². The lowest BCUT2D eigenvalue weighted by molar-refractivity contribution is 0.595. The highest BCUT2D eigenvalue weighted by molar-refractivity contribution is 7.89. The van der Waals surface area contributed by atoms with Crippen molar-refractivity contribution < 1.29 is 8.42 Å². The highest BCUT2D eigenvalue weighted by atomic mass is 35.5. The molecule has 0 aliphatic heterocycles. The van der Waals surface area contributed by atoms with Gasteiger partial charge in [-0.25, -0.2) is 17.4 Å². The molecule has 2 heterocycles. The Morgan fingerprint density at radius 2 is 1.64 bits per heavy atom. The van der Waals surface area contributed by atoms with Gasteiger partial charge in [0.1, 0.15) is 22.5 Å². The van der Waals surface area contributed by atoms with Gasteiger partial charge in [0.15, 0.2) is 0 Å². The van der Waals surface area contributed by atoms with Crippen LogP contribution in [0.15, 0.2) is 66.7 Å². The Labute approximate surface area is 223 Å². The largest absolute Gasteiger partial charge is 0.383 e. The number of nitrogens with two attached hydrogens (primary N) is 1. The molecule has 6 nitrogen and oxygen atoms in total. The SMILES string of the molecule is Cn1c(Cc2ccc3c(c2)c(-c2cccc(Cl)c2)c(Cl)n3S(C)(=O)=O)nc(-c2ccc(Cl)cc2)c1N. The van der Waals surface area contributed by atoms with Crippen LogP contribution in [-0.2, 0) is 23.5 Å². The van der Waals surface area contributed by atoms with Gasteiger partial charge < -0.3 is 10.3 Å². The molecule has 0 aliphatic rings. The van der Waals surface area contributed by atoms with E-state index in [0.717, 1.165) is 32.7 Å². The highest BCUT2D eigenvalue weighted by Crippen LogP contribution is 2.40. The maximum atomic E-state index is 12.6. The topological polar surface area (TPSA) is 82.9 Å². The number of anilines is 1. The van der Waals surface area contributed by atoms with Crippen molar-refractivity contribution in [1.29, 1.82) is 0 Å². The van der Waals surface area contributed by atoms with Gasteiger partial charge in [0.2, 0.25) is 10.0 Å². The van der Waals surface area contributed by atoms with E-state index in [-0.39, 0.29) is 5.15 Å². The molecule has 0 aliphatic carbocycles. The number of halogens is 3. The third-order valence-corrected chi connectivity index (χ3v) is 8.08. The number of hydrogen-bond donors (Lipinski definition) is 1. The van der Waals surface area contributed by atoms with Gasteiger partial charge in [-0.15, -0.1) is 0 Å². The number of fused-ring (bicyclic) bond motifs is 1. The zero-order valence-corrected chi connectivity index (χ0v) is 22.4. The lowest BCUT2D eigenvalue weighted by atomic mass is 10.0. The van der Waals surface area contributed by atoms with Gasteiger partial charge in [0.25, 0.3) is 0 Å². The predicted octanol–water partition coefficient (Wildman–Crippen LogP) is 6.65. The molecular weight excluding hydrogens is 539 g/mol. The molecular formula is C26H21Cl3N4O2S. The number of imidazole rings is 1. The average Bonchev–Trinajstić information content (AvgIpc) is 3.27. The van der Waals surface area contributed by atoms with Crippen LogP contribution < -0.4 is 5.73 Å². The summed E-state index contributed by atoms with van der Waals surface area (Å²) in [7, 11) is -1.80. The Kier molecular flexibility index (Phi) is 6.29. The Hall–Kier alpha value is -2.97. The Bertz CT molecular complexity index is 1740. The first-order valence-corrected chi connectivity index (χ1v) is 13.9. The minimum Gasteiger partial charge on any atom is -0.383 e. The van der Waals surface area contributed by atoms with E-state index in [1.165, 1.54) is 0 Å². The number of benzene rings is 3. The monoisotopic (exact) mass is 558 g/mol. The minimum atomic E-state index is -3.66. The van der Waals surface area contributed by atoms with Crippen molar-refractivity contribution in [1.82, 2.24) is 13.5 Å². The van der Waals surface area contributed by atoms with E-state index in [0.29, 0.717) is 44.4 Å². The maximum Gasteiger partial charge on any atom is 0.237 e. The first-order chi connectivity index (χ1) is 17.0. The van der Waals surface area contributed by atoms with Crippen molar-refractivity contribution in [2.24, 2.45) is 7.05 Å². The second-order valence-corrected chi connectivity index (χ2v) is 11.6. The van der Waals surface area contributed by atoms with Crippen molar-refractivity contribution in [2.45, 2.75) is 6.42 Å². The first-order valence-electron chi connectivity index (χ1n) is 10.9. The van der Waals surface area contributed by atoms with Crippen LogP contribution in [-0.4, -0.2) is 28.2 Å². The fourth-order valence-electron chi connectivity index (χ4n) is 4.35. The van der Waals surface area contributed by atoms with Gasteiger partial charge in [0.05, 0.1) is 11.8 Å². The highest BCUT2D eigenvalue weighted by Gasteiger charge is 2.23.